The van der Waals surface area contributed by atoms with Crippen molar-refractivity contribution in [2.24, 2.45) is 5.92 Å². The summed E-state index contributed by atoms with van der Waals surface area (Å²) in [6, 6.07) is 5.94. The molecule has 0 saturated heterocycles. The van der Waals surface area contributed by atoms with Gasteiger partial charge in [0.2, 0.25) is 0 Å². The number of carbonyl (C=O) groups excluding carboxylic acids is 1. The van der Waals surface area contributed by atoms with Gasteiger partial charge in [-0.3, -0.25) is 4.79 Å². The zero-order valence-corrected chi connectivity index (χ0v) is 10.0. The normalized spacial score (nSPS) is 18.1. The van der Waals surface area contributed by atoms with Gasteiger partial charge in [-0.15, -0.1) is 0 Å². The van der Waals surface area contributed by atoms with Crippen LogP contribution in [-0.2, 0) is 16.0 Å². The zero-order chi connectivity index (χ0) is 12.3. The van der Waals surface area contributed by atoms with Crippen molar-refractivity contribution in [2.75, 3.05) is 24.7 Å². The van der Waals surface area contributed by atoms with Crippen molar-refractivity contribution in [1.29, 1.82) is 0 Å². The summed E-state index contributed by atoms with van der Waals surface area (Å²) in [5.74, 6) is 0.360. The summed E-state index contributed by atoms with van der Waals surface area (Å²) in [5, 5.41) is 3.36. The number of methoxy groups -OCH3 is 1. The Morgan fingerprint density at radius 2 is 2.41 bits per heavy atom. The summed E-state index contributed by atoms with van der Waals surface area (Å²) in [6.45, 7) is 0.896. The fourth-order valence-corrected chi connectivity index (χ4v) is 2.20. The first kappa shape index (κ1) is 11.8. The molecule has 0 amide bonds. The maximum absolute atomic E-state index is 11.1. The van der Waals surface area contributed by atoms with E-state index in [1.54, 1.807) is 0 Å². The minimum Gasteiger partial charge on any atom is -0.469 e. The fourth-order valence-electron chi connectivity index (χ4n) is 2.20. The summed E-state index contributed by atoms with van der Waals surface area (Å²) >= 11 is 0. The van der Waals surface area contributed by atoms with E-state index in [1.807, 2.05) is 12.1 Å². The maximum Gasteiger partial charge on any atom is 0.305 e. The minimum absolute atomic E-state index is 0.131. The van der Waals surface area contributed by atoms with Gasteiger partial charge in [-0.05, 0) is 36.5 Å². The summed E-state index contributed by atoms with van der Waals surface area (Å²) in [7, 11) is 1.43. The Bertz CT molecular complexity index is 418. The Kier molecular flexibility index (Phi) is 3.52. The molecule has 0 aromatic heterocycles. The van der Waals surface area contributed by atoms with E-state index in [0.717, 1.165) is 30.8 Å². The molecule has 0 saturated carbocycles. The van der Waals surface area contributed by atoms with E-state index in [0.29, 0.717) is 12.3 Å². The predicted molar refractivity (Wildman–Crippen MR) is 67.8 cm³/mol. The number of hydrogen-bond donors (Lipinski definition) is 2. The molecule has 3 N–H and O–H groups in total. The number of benzene rings is 1. The van der Waals surface area contributed by atoms with E-state index in [4.69, 9.17) is 5.73 Å². The monoisotopic (exact) mass is 234 g/mol. The van der Waals surface area contributed by atoms with Crippen LogP contribution in [0, 0.1) is 5.92 Å². The number of fused-ring (bicyclic) bond motifs is 1. The highest BCUT2D eigenvalue weighted by molar-refractivity contribution is 5.69. The number of nitrogens with two attached hydrogens (primary N) is 1. The first-order valence-electron chi connectivity index (χ1n) is 5.88. The van der Waals surface area contributed by atoms with E-state index in [9.17, 15) is 4.79 Å². The topological polar surface area (TPSA) is 64.3 Å². The van der Waals surface area contributed by atoms with Gasteiger partial charge in [0, 0.05) is 24.3 Å². The number of nitrogens with one attached hydrogen (secondary N) is 1. The highest BCUT2D eigenvalue weighted by Crippen LogP contribution is 2.28. The molecule has 0 fully saturated rings. The number of hydrogen-bond acceptors (Lipinski definition) is 4. The van der Waals surface area contributed by atoms with Gasteiger partial charge in [0.1, 0.15) is 0 Å². The Hall–Kier alpha value is -1.71. The molecule has 1 aromatic rings. The molecule has 1 unspecified atom stereocenters. The molecule has 0 bridgehead atoms. The molecular weight excluding hydrogens is 216 g/mol. The van der Waals surface area contributed by atoms with E-state index < -0.39 is 0 Å². The third kappa shape index (κ3) is 2.90. The van der Waals surface area contributed by atoms with Crippen molar-refractivity contribution in [1.82, 2.24) is 0 Å². The maximum atomic E-state index is 11.1. The second-order valence-corrected chi connectivity index (χ2v) is 4.48. The van der Waals surface area contributed by atoms with Crippen molar-refractivity contribution < 1.29 is 9.53 Å². The largest absolute Gasteiger partial charge is 0.469 e. The molecule has 92 valence electrons. The standard InChI is InChI=1S/C13H18N2O2/c1-17-13(16)5-2-9-6-10-3-4-11(14)7-12(10)15-8-9/h3-4,7,9,15H,2,5-6,8,14H2,1H3. The molecule has 2 rings (SSSR count). The van der Waals surface area contributed by atoms with Crippen LogP contribution >= 0.6 is 0 Å². The van der Waals surface area contributed by atoms with Crippen LogP contribution in [0.5, 0.6) is 0 Å². The quantitative estimate of drug-likeness (QED) is 0.618. The summed E-state index contributed by atoms with van der Waals surface area (Å²) < 4.78 is 4.65. The highest BCUT2D eigenvalue weighted by atomic mass is 16.5. The Labute approximate surface area is 101 Å². The van der Waals surface area contributed by atoms with E-state index in [2.05, 4.69) is 16.1 Å². The molecule has 0 aliphatic carbocycles. The van der Waals surface area contributed by atoms with Gasteiger partial charge in [-0.1, -0.05) is 6.07 Å². The lowest BCUT2D eigenvalue weighted by Crippen LogP contribution is -2.24. The molecule has 1 aliphatic rings. The Balaban J connectivity index is 1.94. The number of ether oxygens (including phenoxy) is 1. The highest BCUT2D eigenvalue weighted by Gasteiger charge is 2.19. The van der Waals surface area contributed by atoms with Gasteiger partial charge in [-0.25, -0.2) is 0 Å². The number of carbonyl (C=O) groups is 1. The van der Waals surface area contributed by atoms with Gasteiger partial charge < -0.3 is 15.8 Å². The van der Waals surface area contributed by atoms with Crippen molar-refractivity contribution >= 4 is 17.3 Å². The minimum atomic E-state index is -0.131. The van der Waals surface area contributed by atoms with Crippen LogP contribution in [0.4, 0.5) is 11.4 Å². The van der Waals surface area contributed by atoms with Crippen molar-refractivity contribution in [3.8, 4) is 0 Å². The van der Waals surface area contributed by atoms with Gasteiger partial charge in [-0.2, -0.15) is 0 Å². The van der Waals surface area contributed by atoms with E-state index >= 15 is 0 Å². The Morgan fingerprint density at radius 3 is 3.18 bits per heavy atom. The average molecular weight is 234 g/mol. The summed E-state index contributed by atoms with van der Waals surface area (Å²) in [4.78, 5) is 11.1. The second kappa shape index (κ2) is 5.08. The lowest BCUT2D eigenvalue weighted by atomic mass is 9.90. The SMILES string of the molecule is COC(=O)CCC1CNc2cc(N)ccc2C1. The molecule has 1 atom stereocenters. The number of nitrogen functional groups attached to an aromatic ring is 1. The molecule has 1 heterocycles. The van der Waals surface area contributed by atoms with Crippen LogP contribution in [0.15, 0.2) is 18.2 Å². The molecular formula is C13H18N2O2. The van der Waals surface area contributed by atoms with Crippen LogP contribution in [-0.4, -0.2) is 19.6 Å². The first-order valence-corrected chi connectivity index (χ1v) is 5.88. The molecule has 4 nitrogen and oxygen atoms in total. The Morgan fingerprint density at radius 1 is 1.59 bits per heavy atom. The predicted octanol–water partition coefficient (Wildman–Crippen LogP) is 1.81. The van der Waals surface area contributed by atoms with Crippen molar-refractivity contribution in [3.05, 3.63) is 23.8 Å². The number of rotatable bonds is 3. The van der Waals surface area contributed by atoms with E-state index in [1.165, 1.54) is 12.7 Å². The van der Waals surface area contributed by atoms with Crippen molar-refractivity contribution in [2.45, 2.75) is 19.3 Å². The molecule has 1 aromatic carbocycles. The third-order valence-electron chi connectivity index (χ3n) is 3.21. The summed E-state index contributed by atoms with van der Waals surface area (Å²) in [5.41, 5.74) is 8.92. The lowest BCUT2D eigenvalue weighted by Gasteiger charge is -2.26. The van der Waals surface area contributed by atoms with Crippen LogP contribution in [0.2, 0.25) is 0 Å². The molecule has 17 heavy (non-hydrogen) atoms. The van der Waals surface area contributed by atoms with Crippen LogP contribution in [0.1, 0.15) is 18.4 Å². The lowest BCUT2D eigenvalue weighted by molar-refractivity contribution is -0.140. The van der Waals surface area contributed by atoms with E-state index in [-0.39, 0.29) is 5.97 Å². The van der Waals surface area contributed by atoms with Gasteiger partial charge in [0.05, 0.1) is 7.11 Å². The zero-order valence-electron chi connectivity index (χ0n) is 10.0. The van der Waals surface area contributed by atoms with Gasteiger partial charge in [0.15, 0.2) is 0 Å². The first-order chi connectivity index (χ1) is 8.19. The molecule has 4 heteroatoms. The third-order valence-corrected chi connectivity index (χ3v) is 3.21. The fraction of sp³-hybridized carbons (Fsp3) is 0.462. The van der Waals surface area contributed by atoms with Crippen LogP contribution in [0.3, 0.4) is 0 Å². The smallest absolute Gasteiger partial charge is 0.305 e. The summed E-state index contributed by atoms with van der Waals surface area (Å²) in [6.07, 6.45) is 2.36. The second-order valence-electron chi connectivity index (χ2n) is 4.48. The molecule has 0 spiro atoms. The molecule has 0 radical (unpaired) electrons. The number of esters is 1. The number of anilines is 2. The van der Waals surface area contributed by atoms with Crippen LogP contribution < -0.4 is 11.1 Å². The van der Waals surface area contributed by atoms with Gasteiger partial charge in [0.25, 0.3) is 0 Å². The van der Waals surface area contributed by atoms with Crippen molar-refractivity contribution in [3.63, 3.8) is 0 Å². The van der Waals surface area contributed by atoms with Crippen LogP contribution in [0.25, 0.3) is 0 Å². The molecule has 1 aliphatic heterocycles. The average Bonchev–Trinajstić information content (AvgIpc) is 2.35. The van der Waals surface area contributed by atoms with Gasteiger partial charge >= 0.3 is 5.97 Å².